The Morgan fingerprint density at radius 1 is 1.10 bits per heavy atom. The summed E-state index contributed by atoms with van der Waals surface area (Å²) < 4.78 is 7.69. The number of nitrogens with zero attached hydrogens (tertiary/aromatic N) is 6. The predicted octanol–water partition coefficient (Wildman–Crippen LogP) is 4.27. The Morgan fingerprint density at radius 2 is 1.87 bits per heavy atom. The molecular weight excluding hydrogens is 490 g/mol. The number of aryl methyl sites for hydroxylation is 1. The maximum atomic E-state index is 13.1. The first-order valence-corrected chi connectivity index (χ1v) is 14.4. The molecule has 0 radical (unpaired) electrons. The zero-order chi connectivity index (χ0) is 26.7. The van der Waals surface area contributed by atoms with E-state index in [9.17, 15) is 4.79 Å². The molecule has 3 aliphatic rings. The van der Waals surface area contributed by atoms with E-state index in [0.29, 0.717) is 30.6 Å². The van der Waals surface area contributed by atoms with E-state index in [2.05, 4.69) is 68.4 Å². The van der Waals surface area contributed by atoms with Gasteiger partial charge in [0.1, 0.15) is 0 Å². The van der Waals surface area contributed by atoms with Crippen molar-refractivity contribution < 1.29 is 9.53 Å². The lowest BCUT2D eigenvalue weighted by Crippen LogP contribution is -2.49. The molecular formula is C30H37N7O2. The van der Waals surface area contributed by atoms with Crippen molar-refractivity contribution in [3.63, 3.8) is 0 Å². The topological polar surface area (TPSA) is 91.7 Å². The van der Waals surface area contributed by atoms with E-state index in [1.54, 1.807) is 4.52 Å². The Labute approximate surface area is 228 Å². The van der Waals surface area contributed by atoms with Crippen LogP contribution in [0.2, 0.25) is 0 Å². The van der Waals surface area contributed by atoms with Crippen molar-refractivity contribution in [3.05, 3.63) is 47.2 Å². The first-order chi connectivity index (χ1) is 18.9. The van der Waals surface area contributed by atoms with Gasteiger partial charge in [0.25, 0.3) is 0 Å². The summed E-state index contributed by atoms with van der Waals surface area (Å²) in [5.41, 5.74) is 7.91. The molecule has 2 atom stereocenters. The van der Waals surface area contributed by atoms with E-state index >= 15 is 0 Å². The molecule has 39 heavy (non-hydrogen) atoms. The molecule has 0 aliphatic carbocycles. The zero-order valence-electron chi connectivity index (χ0n) is 23.1. The number of aromatic amines is 1. The van der Waals surface area contributed by atoms with Crippen LogP contribution in [-0.4, -0.2) is 85.7 Å². The first-order valence-electron chi connectivity index (χ1n) is 14.4. The highest BCUT2D eigenvalue weighted by atomic mass is 16.5. The SMILES string of the molecule is Cc1cc(-c2[nH]c3ccc(C4CCN(C(=O)CN5C[C@H]6CC[C@@H](C5)O6)CC4)cc3c2C(C)C)cn2nnnc12. The Balaban J connectivity index is 1.09. The third kappa shape index (κ3) is 4.51. The molecule has 1 N–H and O–H groups in total. The largest absolute Gasteiger partial charge is 0.372 e. The fourth-order valence-electron chi connectivity index (χ4n) is 7.04. The normalized spacial score (nSPS) is 22.5. The highest BCUT2D eigenvalue weighted by Crippen LogP contribution is 2.38. The van der Waals surface area contributed by atoms with Gasteiger partial charge < -0.3 is 14.6 Å². The number of carbonyl (C=O) groups excluding carboxylic acids is 1. The molecule has 0 spiro atoms. The van der Waals surface area contributed by atoms with Crippen LogP contribution in [0.25, 0.3) is 27.8 Å². The molecule has 3 aliphatic heterocycles. The number of aromatic nitrogens is 5. The number of hydrogen-bond acceptors (Lipinski definition) is 6. The van der Waals surface area contributed by atoms with Crippen molar-refractivity contribution in [1.82, 2.24) is 34.8 Å². The number of nitrogens with one attached hydrogen (secondary N) is 1. The molecule has 0 unspecified atom stereocenters. The van der Waals surface area contributed by atoms with Gasteiger partial charge in [-0.05, 0) is 89.8 Å². The fraction of sp³-hybridized carbons (Fsp3) is 0.533. The number of ether oxygens (including phenoxy) is 1. The molecule has 2 bridgehead atoms. The van der Waals surface area contributed by atoms with Crippen molar-refractivity contribution in [2.45, 2.75) is 70.5 Å². The van der Waals surface area contributed by atoms with E-state index in [4.69, 9.17) is 4.74 Å². The van der Waals surface area contributed by atoms with E-state index < -0.39 is 0 Å². The number of amides is 1. The Bertz CT molecular complexity index is 1520. The molecule has 9 heteroatoms. The molecule has 3 fully saturated rings. The van der Waals surface area contributed by atoms with Gasteiger partial charge >= 0.3 is 0 Å². The summed E-state index contributed by atoms with van der Waals surface area (Å²) >= 11 is 0. The summed E-state index contributed by atoms with van der Waals surface area (Å²) in [6.07, 6.45) is 6.96. The van der Waals surface area contributed by atoms with E-state index in [1.807, 2.05) is 13.1 Å². The van der Waals surface area contributed by atoms with Gasteiger partial charge in [0.15, 0.2) is 5.65 Å². The van der Waals surface area contributed by atoms with Gasteiger partial charge in [-0.25, -0.2) is 0 Å². The number of H-pyrrole nitrogens is 1. The molecule has 0 saturated carbocycles. The van der Waals surface area contributed by atoms with Crippen molar-refractivity contribution in [2.24, 2.45) is 0 Å². The van der Waals surface area contributed by atoms with Gasteiger partial charge in [-0.3, -0.25) is 9.69 Å². The van der Waals surface area contributed by atoms with Crippen LogP contribution < -0.4 is 0 Å². The Kier molecular flexibility index (Phi) is 6.16. The van der Waals surface area contributed by atoms with Gasteiger partial charge in [-0.2, -0.15) is 4.52 Å². The third-order valence-electron chi connectivity index (χ3n) is 9.00. The minimum absolute atomic E-state index is 0.275. The molecule has 9 nitrogen and oxygen atoms in total. The van der Waals surface area contributed by atoms with Crippen molar-refractivity contribution >= 4 is 22.5 Å². The molecule has 1 aromatic carbocycles. The average molecular weight is 528 g/mol. The minimum Gasteiger partial charge on any atom is -0.372 e. The number of hydrogen-bond donors (Lipinski definition) is 1. The maximum Gasteiger partial charge on any atom is 0.236 e. The monoisotopic (exact) mass is 527 g/mol. The maximum absolute atomic E-state index is 13.1. The van der Waals surface area contributed by atoms with Crippen LogP contribution in [0.5, 0.6) is 0 Å². The van der Waals surface area contributed by atoms with E-state index in [1.165, 1.54) is 16.5 Å². The summed E-state index contributed by atoms with van der Waals surface area (Å²) in [6, 6.07) is 9.05. The molecule has 6 heterocycles. The number of morpholine rings is 1. The van der Waals surface area contributed by atoms with Crippen molar-refractivity contribution in [2.75, 3.05) is 32.7 Å². The number of tetrazole rings is 1. The number of benzene rings is 1. The number of likely N-dealkylation sites (tertiary alicyclic amines) is 2. The van der Waals surface area contributed by atoms with Crippen LogP contribution >= 0.6 is 0 Å². The van der Waals surface area contributed by atoms with Crippen LogP contribution in [0.15, 0.2) is 30.5 Å². The number of fused-ring (bicyclic) bond motifs is 4. The lowest BCUT2D eigenvalue weighted by atomic mass is 9.87. The summed E-state index contributed by atoms with van der Waals surface area (Å²) in [5.74, 6) is 1.09. The van der Waals surface area contributed by atoms with Gasteiger partial charge in [0.2, 0.25) is 5.91 Å². The number of pyridine rings is 1. The second kappa shape index (κ2) is 9.71. The van der Waals surface area contributed by atoms with Gasteiger partial charge in [0, 0.05) is 48.8 Å². The van der Waals surface area contributed by atoms with E-state index in [-0.39, 0.29) is 5.91 Å². The smallest absolute Gasteiger partial charge is 0.236 e. The molecule has 4 aromatic rings. The molecule has 204 valence electrons. The molecule has 3 saturated heterocycles. The summed E-state index contributed by atoms with van der Waals surface area (Å²) in [6.45, 7) is 10.6. The van der Waals surface area contributed by atoms with Crippen LogP contribution in [0.4, 0.5) is 0 Å². The highest BCUT2D eigenvalue weighted by molar-refractivity contribution is 5.92. The van der Waals surface area contributed by atoms with E-state index in [0.717, 1.165) is 79.8 Å². The summed E-state index contributed by atoms with van der Waals surface area (Å²) in [7, 11) is 0. The second-order valence-corrected chi connectivity index (χ2v) is 12.0. The average Bonchev–Trinajstić information content (AvgIpc) is 3.65. The van der Waals surface area contributed by atoms with Gasteiger partial charge in [-0.15, -0.1) is 5.10 Å². The number of piperidine rings is 1. The molecule has 7 rings (SSSR count). The van der Waals surface area contributed by atoms with Gasteiger partial charge in [0.05, 0.1) is 24.4 Å². The zero-order valence-corrected chi connectivity index (χ0v) is 23.1. The van der Waals surface area contributed by atoms with Crippen LogP contribution in [0.1, 0.15) is 68.1 Å². The van der Waals surface area contributed by atoms with Crippen LogP contribution in [-0.2, 0) is 9.53 Å². The second-order valence-electron chi connectivity index (χ2n) is 12.0. The summed E-state index contributed by atoms with van der Waals surface area (Å²) in [5, 5.41) is 13.4. The predicted molar refractivity (Wildman–Crippen MR) is 150 cm³/mol. The summed E-state index contributed by atoms with van der Waals surface area (Å²) in [4.78, 5) is 21.2. The third-order valence-corrected chi connectivity index (χ3v) is 9.00. The number of carbonyl (C=O) groups is 1. The van der Waals surface area contributed by atoms with Crippen LogP contribution in [0.3, 0.4) is 0 Å². The van der Waals surface area contributed by atoms with Crippen molar-refractivity contribution in [3.8, 4) is 11.3 Å². The lowest BCUT2D eigenvalue weighted by molar-refractivity contribution is -0.135. The molecule has 1 amide bonds. The lowest BCUT2D eigenvalue weighted by Gasteiger charge is -2.36. The molecule has 3 aromatic heterocycles. The fourth-order valence-corrected chi connectivity index (χ4v) is 7.04. The van der Waals surface area contributed by atoms with Crippen LogP contribution in [0, 0.1) is 6.92 Å². The highest BCUT2D eigenvalue weighted by Gasteiger charge is 2.35. The Morgan fingerprint density at radius 3 is 2.62 bits per heavy atom. The number of rotatable bonds is 5. The van der Waals surface area contributed by atoms with Gasteiger partial charge in [-0.1, -0.05) is 19.9 Å². The standard InChI is InChI=1S/C30H37N7O2/c1-18(2)28-25-13-21(4-7-26(25)31-29(28)22-12-19(3)30-32-33-34-37(30)14-22)20-8-10-36(11-9-20)27(38)17-35-15-23-5-6-24(16-35)39-23/h4,7,12-14,18,20,23-24,31H,5-6,8-11,15-17H2,1-3H3/t23-,24+. The Hall–Kier alpha value is -3.30. The van der Waals surface area contributed by atoms with Crippen molar-refractivity contribution in [1.29, 1.82) is 0 Å². The first kappa shape index (κ1) is 24.7. The quantitative estimate of drug-likeness (QED) is 0.417. The minimum atomic E-state index is 0.275.